The van der Waals surface area contributed by atoms with Crippen LogP contribution in [-0.4, -0.2) is 14.8 Å². The third-order valence-corrected chi connectivity index (χ3v) is 3.68. The van der Waals surface area contributed by atoms with Gasteiger partial charge in [0.05, 0.1) is 5.69 Å². The summed E-state index contributed by atoms with van der Waals surface area (Å²) in [6.07, 6.45) is 5.54. The SMILES string of the molecule is CC(C)c1ccc(C=Cc2cc(=O)n(-c3ccccn3)[nH]2)cc1. The van der Waals surface area contributed by atoms with Crippen LogP contribution in [0.2, 0.25) is 0 Å². The van der Waals surface area contributed by atoms with Crippen molar-refractivity contribution in [3.05, 3.63) is 81.9 Å². The minimum Gasteiger partial charge on any atom is -0.289 e. The van der Waals surface area contributed by atoms with Crippen molar-refractivity contribution in [3.63, 3.8) is 0 Å². The first-order chi connectivity index (χ1) is 11.1. The molecule has 0 saturated carbocycles. The molecule has 0 bridgehead atoms. The minimum atomic E-state index is -0.126. The number of nitrogens with one attached hydrogen (secondary N) is 1. The molecular weight excluding hydrogens is 286 g/mol. The lowest BCUT2D eigenvalue weighted by atomic mass is 10.0. The highest BCUT2D eigenvalue weighted by molar-refractivity contribution is 5.68. The maximum absolute atomic E-state index is 12.0. The average Bonchev–Trinajstić information content (AvgIpc) is 2.95. The summed E-state index contributed by atoms with van der Waals surface area (Å²) in [5, 5.41) is 3.05. The summed E-state index contributed by atoms with van der Waals surface area (Å²) in [5.41, 5.74) is 3.03. The molecule has 0 amide bonds. The van der Waals surface area contributed by atoms with E-state index in [2.05, 4.69) is 48.2 Å². The second kappa shape index (κ2) is 6.48. The van der Waals surface area contributed by atoms with Crippen molar-refractivity contribution in [3.8, 4) is 5.82 Å². The van der Waals surface area contributed by atoms with E-state index in [4.69, 9.17) is 0 Å². The van der Waals surface area contributed by atoms with E-state index in [1.54, 1.807) is 18.3 Å². The van der Waals surface area contributed by atoms with Gasteiger partial charge in [0.15, 0.2) is 5.82 Å². The van der Waals surface area contributed by atoms with Crippen molar-refractivity contribution in [2.75, 3.05) is 0 Å². The fraction of sp³-hybridized carbons (Fsp3) is 0.158. The van der Waals surface area contributed by atoms with E-state index in [9.17, 15) is 4.79 Å². The number of hydrogen-bond donors (Lipinski definition) is 1. The predicted octanol–water partition coefficient (Wildman–Crippen LogP) is 3.85. The van der Waals surface area contributed by atoms with Gasteiger partial charge < -0.3 is 0 Å². The van der Waals surface area contributed by atoms with Gasteiger partial charge in [-0.1, -0.05) is 50.3 Å². The molecule has 1 N–H and O–H groups in total. The van der Waals surface area contributed by atoms with E-state index < -0.39 is 0 Å². The molecule has 1 aromatic carbocycles. The summed E-state index contributed by atoms with van der Waals surface area (Å²) in [6.45, 7) is 4.35. The Morgan fingerprint density at radius 2 is 1.87 bits per heavy atom. The van der Waals surface area contributed by atoms with Crippen molar-refractivity contribution in [1.29, 1.82) is 0 Å². The molecule has 2 aromatic heterocycles. The highest BCUT2D eigenvalue weighted by atomic mass is 16.1. The van der Waals surface area contributed by atoms with Gasteiger partial charge in [-0.3, -0.25) is 9.89 Å². The maximum atomic E-state index is 12.0. The second-order valence-electron chi connectivity index (χ2n) is 5.73. The Balaban J connectivity index is 1.82. The van der Waals surface area contributed by atoms with Crippen LogP contribution in [0.5, 0.6) is 0 Å². The Morgan fingerprint density at radius 3 is 2.52 bits per heavy atom. The summed E-state index contributed by atoms with van der Waals surface area (Å²) in [4.78, 5) is 16.2. The fourth-order valence-electron chi connectivity index (χ4n) is 2.33. The highest BCUT2D eigenvalue weighted by Gasteiger charge is 2.03. The predicted molar refractivity (Wildman–Crippen MR) is 93.6 cm³/mol. The second-order valence-corrected chi connectivity index (χ2v) is 5.73. The summed E-state index contributed by atoms with van der Waals surface area (Å²) >= 11 is 0. The first-order valence-electron chi connectivity index (χ1n) is 7.65. The lowest BCUT2D eigenvalue weighted by molar-refractivity contribution is 0.816. The van der Waals surface area contributed by atoms with Crippen LogP contribution in [0.15, 0.2) is 59.5 Å². The quantitative estimate of drug-likeness (QED) is 0.796. The zero-order valence-electron chi connectivity index (χ0n) is 13.2. The molecule has 0 radical (unpaired) electrons. The number of nitrogens with zero attached hydrogens (tertiary/aromatic N) is 2. The molecule has 0 aliphatic carbocycles. The maximum Gasteiger partial charge on any atom is 0.273 e. The molecule has 4 nitrogen and oxygen atoms in total. The lowest BCUT2D eigenvalue weighted by Crippen LogP contribution is -2.14. The molecule has 0 saturated heterocycles. The summed E-state index contributed by atoms with van der Waals surface area (Å²) in [5.74, 6) is 1.11. The van der Waals surface area contributed by atoms with Crippen LogP contribution in [0, 0.1) is 0 Å². The third kappa shape index (κ3) is 3.48. The number of hydrogen-bond acceptors (Lipinski definition) is 2. The molecule has 116 valence electrons. The van der Waals surface area contributed by atoms with Gasteiger partial charge >= 0.3 is 0 Å². The van der Waals surface area contributed by atoms with Crippen molar-refractivity contribution in [2.45, 2.75) is 19.8 Å². The number of H-pyrrole nitrogens is 1. The van der Waals surface area contributed by atoms with Gasteiger partial charge in [0.25, 0.3) is 5.56 Å². The van der Waals surface area contributed by atoms with Crippen molar-refractivity contribution >= 4 is 12.2 Å². The zero-order chi connectivity index (χ0) is 16.2. The van der Waals surface area contributed by atoms with Gasteiger partial charge in [0.2, 0.25) is 0 Å². The van der Waals surface area contributed by atoms with Crippen LogP contribution in [0.25, 0.3) is 18.0 Å². The van der Waals surface area contributed by atoms with E-state index >= 15 is 0 Å². The molecule has 0 aliphatic heterocycles. The van der Waals surface area contributed by atoms with Crippen LogP contribution < -0.4 is 5.56 Å². The smallest absolute Gasteiger partial charge is 0.273 e. The number of rotatable bonds is 4. The van der Waals surface area contributed by atoms with Crippen molar-refractivity contribution in [1.82, 2.24) is 14.8 Å². The Hall–Kier alpha value is -2.88. The van der Waals surface area contributed by atoms with Gasteiger partial charge in [-0.15, -0.1) is 0 Å². The molecule has 23 heavy (non-hydrogen) atoms. The van der Waals surface area contributed by atoms with Gasteiger partial charge in [-0.2, -0.15) is 0 Å². The van der Waals surface area contributed by atoms with E-state index in [0.29, 0.717) is 11.7 Å². The molecule has 0 fully saturated rings. The molecule has 3 aromatic rings. The van der Waals surface area contributed by atoms with Crippen LogP contribution in [0.3, 0.4) is 0 Å². The molecule has 3 rings (SSSR count). The topological polar surface area (TPSA) is 50.7 Å². The summed E-state index contributed by atoms with van der Waals surface area (Å²) < 4.78 is 1.43. The Morgan fingerprint density at radius 1 is 1.09 bits per heavy atom. The average molecular weight is 305 g/mol. The summed E-state index contributed by atoms with van der Waals surface area (Å²) in [7, 11) is 0. The van der Waals surface area contributed by atoms with Crippen molar-refractivity contribution in [2.24, 2.45) is 0 Å². The Labute approximate surface area is 135 Å². The Kier molecular flexibility index (Phi) is 4.24. The largest absolute Gasteiger partial charge is 0.289 e. The minimum absolute atomic E-state index is 0.126. The van der Waals surface area contributed by atoms with E-state index in [1.165, 1.54) is 10.2 Å². The molecule has 0 atom stereocenters. The van der Waals surface area contributed by atoms with E-state index in [-0.39, 0.29) is 5.56 Å². The molecule has 0 aliphatic rings. The zero-order valence-corrected chi connectivity index (χ0v) is 13.2. The standard InChI is InChI=1S/C19H19N3O/c1-14(2)16-9-6-15(7-10-16)8-11-17-13-19(23)22(21-17)18-5-3-4-12-20-18/h3-14,21H,1-2H3. The first-order valence-corrected chi connectivity index (χ1v) is 7.65. The monoisotopic (exact) mass is 305 g/mol. The van der Waals surface area contributed by atoms with Crippen LogP contribution in [0.4, 0.5) is 0 Å². The van der Waals surface area contributed by atoms with Gasteiger partial charge in [-0.25, -0.2) is 9.67 Å². The molecule has 0 spiro atoms. The van der Waals surface area contributed by atoms with Crippen molar-refractivity contribution < 1.29 is 0 Å². The highest BCUT2D eigenvalue weighted by Crippen LogP contribution is 2.15. The summed E-state index contributed by atoms with van der Waals surface area (Å²) in [6, 6.07) is 15.4. The van der Waals surface area contributed by atoms with Gasteiger partial charge in [0.1, 0.15) is 0 Å². The fourth-order valence-corrected chi connectivity index (χ4v) is 2.33. The number of aromatic amines is 1. The Bertz CT molecular complexity index is 856. The van der Waals surface area contributed by atoms with E-state index in [0.717, 1.165) is 11.3 Å². The molecular formula is C19H19N3O. The number of aromatic nitrogens is 3. The molecule has 0 unspecified atom stereocenters. The molecule has 4 heteroatoms. The normalized spacial score (nSPS) is 11.4. The first kappa shape index (κ1) is 15.0. The van der Waals surface area contributed by atoms with Gasteiger partial charge in [0, 0.05) is 12.3 Å². The third-order valence-electron chi connectivity index (χ3n) is 3.68. The van der Waals surface area contributed by atoms with E-state index in [1.807, 2.05) is 24.3 Å². The molecule has 2 heterocycles. The van der Waals surface area contributed by atoms with Gasteiger partial charge in [-0.05, 0) is 35.3 Å². The van der Waals surface area contributed by atoms with Crippen LogP contribution >= 0.6 is 0 Å². The van der Waals surface area contributed by atoms with Crippen LogP contribution in [-0.2, 0) is 0 Å². The lowest BCUT2D eigenvalue weighted by Gasteiger charge is -2.04. The number of benzene rings is 1. The van der Waals surface area contributed by atoms with Crippen LogP contribution in [0.1, 0.15) is 36.6 Å². The number of pyridine rings is 1.